The molecule has 5 rings (SSSR count). The molecule has 0 radical (unpaired) electrons. The summed E-state index contributed by atoms with van der Waals surface area (Å²) < 4.78 is 0. The number of hydrogen-bond acceptors (Lipinski definition) is 5. The van der Waals surface area contributed by atoms with Gasteiger partial charge in [0.25, 0.3) is 0 Å². The number of allylic oxidation sites excluding steroid dienone is 2. The van der Waals surface area contributed by atoms with Crippen LogP contribution in [0.15, 0.2) is 71.3 Å². The number of rotatable bonds is 4. The number of piperidine rings is 1. The first-order valence-electron chi connectivity index (χ1n) is 12.3. The van der Waals surface area contributed by atoms with Gasteiger partial charge in [-0.2, -0.15) is 0 Å². The molecule has 1 fully saturated rings. The molecule has 5 nitrogen and oxygen atoms in total. The second-order valence-electron chi connectivity index (χ2n) is 9.61. The summed E-state index contributed by atoms with van der Waals surface area (Å²) in [6.45, 7) is 11.7. The van der Waals surface area contributed by atoms with Crippen LogP contribution in [-0.4, -0.2) is 35.8 Å². The number of fused-ring (bicyclic) bond motifs is 2. The number of aliphatic imine (C=N–C) groups is 1. The zero-order chi connectivity index (χ0) is 23.5. The van der Waals surface area contributed by atoms with Gasteiger partial charge in [-0.05, 0) is 53.2 Å². The highest BCUT2D eigenvalue weighted by Crippen LogP contribution is 2.30. The van der Waals surface area contributed by atoms with E-state index in [1.807, 2.05) is 13.1 Å². The van der Waals surface area contributed by atoms with Crippen molar-refractivity contribution in [3.63, 3.8) is 0 Å². The van der Waals surface area contributed by atoms with Crippen LogP contribution in [0.1, 0.15) is 43.6 Å². The molecule has 2 aliphatic rings. The smallest absolute Gasteiger partial charge is 0.139 e. The molecule has 0 spiro atoms. The van der Waals surface area contributed by atoms with Gasteiger partial charge in [0.2, 0.25) is 0 Å². The highest BCUT2D eigenvalue weighted by atomic mass is 15.2. The normalized spacial score (nSPS) is 18.3. The molecule has 2 aliphatic heterocycles. The predicted molar refractivity (Wildman–Crippen MR) is 143 cm³/mol. The lowest BCUT2D eigenvalue weighted by atomic mass is 9.99. The third-order valence-corrected chi connectivity index (χ3v) is 6.85. The Morgan fingerprint density at radius 3 is 2.68 bits per heavy atom. The third-order valence-electron chi connectivity index (χ3n) is 6.85. The fraction of sp³-hybridized carbons (Fsp3) is 0.345. The average Bonchev–Trinajstić information content (AvgIpc) is 2.94. The largest absolute Gasteiger partial charge is 0.366 e. The molecular weight excluding hydrogens is 418 g/mol. The third kappa shape index (κ3) is 4.89. The SMILES string of the molecule is C=C(C)/C1=C/CNc2nc(Cc3ccc4ccccc4c3)nc(N3CCC(C)CC3)c2CN=C1. The minimum absolute atomic E-state index is 0.560. The summed E-state index contributed by atoms with van der Waals surface area (Å²) in [4.78, 5) is 17.3. The van der Waals surface area contributed by atoms with Gasteiger partial charge < -0.3 is 10.2 Å². The summed E-state index contributed by atoms with van der Waals surface area (Å²) in [5, 5.41) is 6.06. The molecule has 0 amide bonds. The fourth-order valence-electron chi connectivity index (χ4n) is 4.73. The zero-order valence-electron chi connectivity index (χ0n) is 20.2. The number of aromatic nitrogens is 2. The number of nitrogens with zero attached hydrogens (tertiary/aromatic N) is 4. The minimum atomic E-state index is 0.560. The quantitative estimate of drug-likeness (QED) is 0.532. The molecular formula is C29H33N5. The maximum Gasteiger partial charge on any atom is 0.139 e. The van der Waals surface area contributed by atoms with E-state index >= 15 is 0 Å². The molecule has 1 saturated heterocycles. The van der Waals surface area contributed by atoms with Gasteiger partial charge >= 0.3 is 0 Å². The highest BCUT2D eigenvalue weighted by molar-refractivity contribution is 5.85. The number of anilines is 2. The highest BCUT2D eigenvalue weighted by Gasteiger charge is 2.23. The van der Waals surface area contributed by atoms with E-state index in [2.05, 4.69) is 72.3 Å². The maximum absolute atomic E-state index is 5.13. The van der Waals surface area contributed by atoms with Crippen molar-refractivity contribution in [3.05, 3.63) is 83.2 Å². The van der Waals surface area contributed by atoms with Gasteiger partial charge in [0.05, 0.1) is 12.1 Å². The standard InChI is InChI=1S/C29H33N5/c1-20(2)25-10-13-31-28-26(19-30-18-25)29(34-14-11-21(3)12-15-34)33-27(32-28)17-22-8-9-23-6-4-5-7-24(23)16-22/h4-10,16,18,21H,1,11-15,17,19H2,2-3H3,(H,31,32,33)/b25-10+,30-18?. The Balaban J connectivity index is 1.52. The van der Waals surface area contributed by atoms with E-state index in [9.17, 15) is 0 Å². The molecule has 0 unspecified atom stereocenters. The number of benzene rings is 2. The minimum Gasteiger partial charge on any atom is -0.366 e. The van der Waals surface area contributed by atoms with E-state index in [0.717, 1.165) is 53.2 Å². The molecule has 1 N–H and O–H groups in total. The van der Waals surface area contributed by atoms with E-state index in [0.29, 0.717) is 19.5 Å². The van der Waals surface area contributed by atoms with Crippen LogP contribution < -0.4 is 10.2 Å². The van der Waals surface area contributed by atoms with Crippen molar-refractivity contribution in [1.82, 2.24) is 9.97 Å². The average molecular weight is 452 g/mol. The summed E-state index contributed by atoms with van der Waals surface area (Å²) in [6, 6.07) is 15.1. The van der Waals surface area contributed by atoms with Crippen molar-refractivity contribution in [2.24, 2.45) is 10.9 Å². The van der Waals surface area contributed by atoms with E-state index in [1.165, 1.54) is 29.2 Å². The molecule has 0 bridgehead atoms. The van der Waals surface area contributed by atoms with Crippen molar-refractivity contribution in [2.75, 3.05) is 29.9 Å². The van der Waals surface area contributed by atoms with Gasteiger partial charge in [0.15, 0.2) is 0 Å². The Morgan fingerprint density at radius 2 is 1.88 bits per heavy atom. The van der Waals surface area contributed by atoms with Crippen molar-refractivity contribution < 1.29 is 0 Å². The number of nitrogens with one attached hydrogen (secondary N) is 1. The van der Waals surface area contributed by atoms with E-state index in [-0.39, 0.29) is 0 Å². The van der Waals surface area contributed by atoms with Gasteiger partial charge in [0.1, 0.15) is 17.5 Å². The first-order chi connectivity index (χ1) is 16.6. The summed E-state index contributed by atoms with van der Waals surface area (Å²) in [6.07, 6.45) is 7.15. The Bertz CT molecular complexity index is 1260. The Labute approximate surface area is 202 Å². The van der Waals surface area contributed by atoms with Gasteiger partial charge in [-0.15, -0.1) is 0 Å². The summed E-state index contributed by atoms with van der Waals surface area (Å²) in [5.74, 6) is 3.55. The Hall–Kier alpha value is -3.47. The Kier molecular flexibility index (Phi) is 6.43. The lowest BCUT2D eigenvalue weighted by Crippen LogP contribution is -2.34. The van der Waals surface area contributed by atoms with Crippen molar-refractivity contribution in [2.45, 2.75) is 39.7 Å². The topological polar surface area (TPSA) is 53.4 Å². The first kappa shape index (κ1) is 22.3. The molecule has 2 aromatic carbocycles. The van der Waals surface area contributed by atoms with Gasteiger partial charge in [-0.25, -0.2) is 9.97 Å². The van der Waals surface area contributed by atoms with Crippen LogP contribution >= 0.6 is 0 Å². The van der Waals surface area contributed by atoms with Crippen LogP contribution in [0.5, 0.6) is 0 Å². The van der Waals surface area contributed by atoms with Crippen LogP contribution in [0.2, 0.25) is 0 Å². The molecule has 0 saturated carbocycles. The van der Waals surface area contributed by atoms with Gasteiger partial charge in [0, 0.05) is 32.3 Å². The zero-order valence-corrected chi connectivity index (χ0v) is 20.2. The molecule has 34 heavy (non-hydrogen) atoms. The maximum atomic E-state index is 5.13. The molecule has 0 aliphatic carbocycles. The van der Waals surface area contributed by atoms with Gasteiger partial charge in [-0.1, -0.05) is 62.0 Å². The monoisotopic (exact) mass is 451 g/mol. The van der Waals surface area contributed by atoms with E-state index < -0.39 is 0 Å². The predicted octanol–water partition coefficient (Wildman–Crippen LogP) is 5.96. The first-order valence-corrected chi connectivity index (χ1v) is 12.3. The molecule has 174 valence electrons. The van der Waals surface area contributed by atoms with E-state index in [4.69, 9.17) is 15.0 Å². The van der Waals surface area contributed by atoms with Gasteiger partial charge in [-0.3, -0.25) is 4.99 Å². The lowest BCUT2D eigenvalue weighted by molar-refractivity contribution is 0.435. The van der Waals surface area contributed by atoms with Crippen LogP contribution in [0, 0.1) is 5.92 Å². The van der Waals surface area contributed by atoms with Crippen molar-refractivity contribution >= 4 is 28.6 Å². The van der Waals surface area contributed by atoms with Crippen LogP contribution in [0.25, 0.3) is 10.8 Å². The van der Waals surface area contributed by atoms with E-state index in [1.54, 1.807) is 0 Å². The van der Waals surface area contributed by atoms with Crippen LogP contribution in [0.4, 0.5) is 11.6 Å². The second-order valence-corrected chi connectivity index (χ2v) is 9.61. The van der Waals surface area contributed by atoms with Crippen LogP contribution in [-0.2, 0) is 13.0 Å². The summed E-state index contributed by atoms with van der Waals surface area (Å²) >= 11 is 0. The van der Waals surface area contributed by atoms with Crippen molar-refractivity contribution in [3.8, 4) is 0 Å². The number of hydrogen-bond donors (Lipinski definition) is 1. The molecule has 0 atom stereocenters. The molecule has 3 aromatic rings. The Morgan fingerprint density at radius 1 is 1.09 bits per heavy atom. The lowest BCUT2D eigenvalue weighted by Gasteiger charge is -2.33. The fourth-order valence-corrected chi connectivity index (χ4v) is 4.73. The summed E-state index contributed by atoms with van der Waals surface area (Å²) in [5.41, 5.74) is 4.40. The van der Waals surface area contributed by atoms with Crippen molar-refractivity contribution in [1.29, 1.82) is 0 Å². The molecule has 5 heteroatoms. The molecule has 3 heterocycles. The second kappa shape index (κ2) is 9.80. The molecule has 1 aromatic heterocycles. The van der Waals surface area contributed by atoms with Crippen LogP contribution in [0.3, 0.4) is 0 Å². The summed E-state index contributed by atoms with van der Waals surface area (Å²) in [7, 11) is 0.